The van der Waals surface area contributed by atoms with Gasteiger partial charge in [0.1, 0.15) is 5.75 Å². The van der Waals surface area contributed by atoms with Gasteiger partial charge in [-0.15, -0.1) is 0 Å². The van der Waals surface area contributed by atoms with Crippen molar-refractivity contribution in [2.75, 3.05) is 23.4 Å². The summed E-state index contributed by atoms with van der Waals surface area (Å²) in [6, 6.07) is 15.0. The first kappa shape index (κ1) is 17.0. The lowest BCUT2D eigenvalue weighted by molar-refractivity contribution is -0.122. The summed E-state index contributed by atoms with van der Waals surface area (Å²) in [7, 11) is 0. The van der Waals surface area contributed by atoms with Crippen molar-refractivity contribution in [2.45, 2.75) is 20.3 Å². The minimum absolute atomic E-state index is 0.0341. The first-order valence-electron chi connectivity index (χ1n) is 8.47. The Morgan fingerprint density at radius 3 is 2.48 bits per heavy atom. The molecule has 0 bridgehead atoms. The number of rotatable bonds is 5. The number of nitrogens with zero attached hydrogens (tertiary/aromatic N) is 1. The normalized spacial score (nSPS) is 16.8. The number of carbonyl (C=O) groups excluding carboxylic acids is 2. The Hall–Kier alpha value is -2.82. The third-order valence-electron chi connectivity index (χ3n) is 4.27. The molecule has 0 spiro atoms. The van der Waals surface area contributed by atoms with Gasteiger partial charge in [0.2, 0.25) is 11.8 Å². The van der Waals surface area contributed by atoms with Crippen LogP contribution in [-0.2, 0) is 9.59 Å². The molecule has 1 heterocycles. The highest BCUT2D eigenvalue weighted by Gasteiger charge is 2.35. The molecular formula is C20H22N2O3. The van der Waals surface area contributed by atoms with Crippen LogP contribution in [0.4, 0.5) is 11.4 Å². The summed E-state index contributed by atoms with van der Waals surface area (Å²) >= 11 is 0. The number of hydrogen-bond acceptors (Lipinski definition) is 3. The second-order valence-electron chi connectivity index (χ2n) is 6.19. The van der Waals surface area contributed by atoms with Crippen LogP contribution in [0, 0.1) is 12.8 Å². The number of ether oxygens (including phenoxy) is 1. The predicted molar refractivity (Wildman–Crippen MR) is 97.9 cm³/mol. The predicted octanol–water partition coefficient (Wildman–Crippen LogP) is 3.39. The van der Waals surface area contributed by atoms with Gasteiger partial charge in [-0.2, -0.15) is 0 Å². The zero-order chi connectivity index (χ0) is 17.8. The van der Waals surface area contributed by atoms with Gasteiger partial charge in [0, 0.05) is 24.3 Å². The van der Waals surface area contributed by atoms with Crippen LogP contribution in [0.1, 0.15) is 18.9 Å². The molecule has 1 atom stereocenters. The Balaban J connectivity index is 1.65. The number of nitrogens with one attached hydrogen (secondary N) is 1. The van der Waals surface area contributed by atoms with E-state index in [9.17, 15) is 9.59 Å². The fourth-order valence-corrected chi connectivity index (χ4v) is 2.90. The van der Waals surface area contributed by atoms with Gasteiger partial charge in [0.05, 0.1) is 12.5 Å². The highest BCUT2D eigenvalue weighted by atomic mass is 16.5. The Morgan fingerprint density at radius 2 is 1.84 bits per heavy atom. The van der Waals surface area contributed by atoms with Gasteiger partial charge >= 0.3 is 0 Å². The molecule has 3 rings (SSSR count). The molecule has 0 aromatic heterocycles. The van der Waals surface area contributed by atoms with Gasteiger partial charge in [0.25, 0.3) is 0 Å². The second-order valence-corrected chi connectivity index (χ2v) is 6.19. The lowest BCUT2D eigenvalue weighted by Gasteiger charge is -2.17. The zero-order valence-corrected chi connectivity index (χ0v) is 14.5. The quantitative estimate of drug-likeness (QED) is 0.909. The Kier molecular flexibility index (Phi) is 5.03. The fourth-order valence-electron chi connectivity index (χ4n) is 2.90. The fraction of sp³-hybridized carbons (Fsp3) is 0.300. The molecule has 0 aliphatic carbocycles. The number of anilines is 2. The molecule has 1 fully saturated rings. The maximum absolute atomic E-state index is 12.5. The summed E-state index contributed by atoms with van der Waals surface area (Å²) in [5, 5.41) is 2.89. The number of carbonyl (C=O) groups is 2. The molecule has 1 aliphatic heterocycles. The van der Waals surface area contributed by atoms with Crippen molar-refractivity contribution in [1.82, 2.24) is 0 Å². The summed E-state index contributed by atoms with van der Waals surface area (Å²) in [6.07, 6.45) is 0.227. The molecule has 1 saturated heterocycles. The second kappa shape index (κ2) is 7.38. The highest BCUT2D eigenvalue weighted by Crippen LogP contribution is 2.27. The molecule has 1 aliphatic rings. The van der Waals surface area contributed by atoms with E-state index in [4.69, 9.17) is 4.74 Å². The van der Waals surface area contributed by atoms with Gasteiger partial charge < -0.3 is 15.0 Å². The van der Waals surface area contributed by atoms with Crippen LogP contribution in [0.3, 0.4) is 0 Å². The van der Waals surface area contributed by atoms with Crippen molar-refractivity contribution in [1.29, 1.82) is 0 Å². The van der Waals surface area contributed by atoms with E-state index in [2.05, 4.69) is 5.32 Å². The minimum atomic E-state index is -0.347. The Bertz CT molecular complexity index is 754. The summed E-state index contributed by atoms with van der Waals surface area (Å²) in [4.78, 5) is 26.4. The highest BCUT2D eigenvalue weighted by molar-refractivity contribution is 6.03. The third kappa shape index (κ3) is 3.99. The third-order valence-corrected chi connectivity index (χ3v) is 4.27. The van der Waals surface area contributed by atoms with Crippen molar-refractivity contribution in [3.8, 4) is 5.75 Å². The van der Waals surface area contributed by atoms with Crippen LogP contribution >= 0.6 is 0 Å². The number of amides is 2. The Morgan fingerprint density at radius 1 is 1.16 bits per heavy atom. The Labute approximate surface area is 147 Å². The van der Waals surface area contributed by atoms with E-state index in [1.807, 2.05) is 62.4 Å². The number of benzene rings is 2. The van der Waals surface area contributed by atoms with Gasteiger partial charge in [-0.1, -0.05) is 17.7 Å². The van der Waals surface area contributed by atoms with Gasteiger partial charge in [-0.3, -0.25) is 9.59 Å². The van der Waals surface area contributed by atoms with E-state index in [0.717, 1.165) is 22.7 Å². The lowest BCUT2D eigenvalue weighted by atomic mass is 10.1. The van der Waals surface area contributed by atoms with Gasteiger partial charge in [-0.05, 0) is 50.2 Å². The maximum atomic E-state index is 12.5. The number of aryl methyl sites for hydroxylation is 1. The topological polar surface area (TPSA) is 58.6 Å². The molecule has 2 amide bonds. The average Bonchev–Trinajstić information content (AvgIpc) is 3.00. The summed E-state index contributed by atoms with van der Waals surface area (Å²) in [5.74, 6) is 0.269. The molecule has 2 aromatic rings. The van der Waals surface area contributed by atoms with Crippen LogP contribution < -0.4 is 15.0 Å². The van der Waals surface area contributed by atoms with Crippen molar-refractivity contribution in [2.24, 2.45) is 5.92 Å². The first-order valence-corrected chi connectivity index (χ1v) is 8.47. The summed E-state index contributed by atoms with van der Waals surface area (Å²) < 4.78 is 5.42. The van der Waals surface area contributed by atoms with E-state index >= 15 is 0 Å². The standard InChI is InChI=1S/C20H22N2O3/c1-3-25-18-10-8-17(9-11-18)22-13-15(12-19(22)23)20(24)21-16-6-4-14(2)5-7-16/h4-11,15H,3,12-13H2,1-2H3,(H,21,24)/t15-/m1/s1. The molecule has 0 unspecified atom stereocenters. The average molecular weight is 338 g/mol. The van der Waals surface area contributed by atoms with E-state index in [1.165, 1.54) is 0 Å². The van der Waals surface area contributed by atoms with Crippen molar-refractivity contribution < 1.29 is 14.3 Å². The molecule has 1 N–H and O–H groups in total. The van der Waals surface area contributed by atoms with Crippen molar-refractivity contribution in [3.05, 3.63) is 54.1 Å². The summed E-state index contributed by atoms with van der Waals surface area (Å²) in [6.45, 7) is 4.92. The van der Waals surface area contributed by atoms with Crippen LogP contribution in [0.5, 0.6) is 5.75 Å². The molecule has 5 heteroatoms. The lowest BCUT2D eigenvalue weighted by Crippen LogP contribution is -2.28. The van der Waals surface area contributed by atoms with Crippen LogP contribution in [-0.4, -0.2) is 25.0 Å². The monoisotopic (exact) mass is 338 g/mol. The van der Waals surface area contributed by atoms with E-state index in [0.29, 0.717) is 13.2 Å². The van der Waals surface area contributed by atoms with Crippen LogP contribution in [0.15, 0.2) is 48.5 Å². The molecular weight excluding hydrogens is 316 g/mol. The molecule has 0 radical (unpaired) electrons. The SMILES string of the molecule is CCOc1ccc(N2C[C@H](C(=O)Nc3ccc(C)cc3)CC2=O)cc1. The largest absolute Gasteiger partial charge is 0.494 e. The van der Waals surface area contributed by atoms with Gasteiger partial charge in [0.15, 0.2) is 0 Å². The number of hydrogen-bond donors (Lipinski definition) is 1. The molecule has 130 valence electrons. The van der Waals surface area contributed by atoms with E-state index in [-0.39, 0.29) is 24.2 Å². The van der Waals surface area contributed by atoms with Crippen LogP contribution in [0.2, 0.25) is 0 Å². The smallest absolute Gasteiger partial charge is 0.229 e. The van der Waals surface area contributed by atoms with E-state index in [1.54, 1.807) is 4.90 Å². The van der Waals surface area contributed by atoms with Gasteiger partial charge in [-0.25, -0.2) is 0 Å². The molecule has 2 aromatic carbocycles. The van der Waals surface area contributed by atoms with Crippen LogP contribution in [0.25, 0.3) is 0 Å². The molecule has 0 saturated carbocycles. The zero-order valence-electron chi connectivity index (χ0n) is 14.5. The summed E-state index contributed by atoms with van der Waals surface area (Å²) in [5.41, 5.74) is 2.68. The van der Waals surface area contributed by atoms with E-state index < -0.39 is 0 Å². The minimum Gasteiger partial charge on any atom is -0.494 e. The molecule has 5 nitrogen and oxygen atoms in total. The van der Waals surface area contributed by atoms with Crippen molar-refractivity contribution in [3.63, 3.8) is 0 Å². The molecule has 25 heavy (non-hydrogen) atoms. The van der Waals surface area contributed by atoms with Crippen molar-refractivity contribution >= 4 is 23.2 Å². The first-order chi connectivity index (χ1) is 12.1. The maximum Gasteiger partial charge on any atom is 0.229 e.